The molecule has 1 saturated carbocycles. The van der Waals surface area contributed by atoms with Gasteiger partial charge in [0, 0.05) is 11.0 Å². The highest BCUT2D eigenvalue weighted by atomic mass is 79.9. The van der Waals surface area contributed by atoms with Crippen LogP contribution in [0.2, 0.25) is 0 Å². The van der Waals surface area contributed by atoms with E-state index in [4.69, 9.17) is 5.11 Å². The highest BCUT2D eigenvalue weighted by Gasteiger charge is 2.65. The zero-order valence-corrected chi connectivity index (χ0v) is 12.4. The third-order valence-corrected chi connectivity index (χ3v) is 4.56. The Morgan fingerprint density at radius 1 is 1.32 bits per heavy atom. The molecule has 1 aliphatic rings. The molecular formula is C14H16BrNO3. The molecule has 1 aliphatic carbocycles. The van der Waals surface area contributed by atoms with Gasteiger partial charge < -0.3 is 10.4 Å². The van der Waals surface area contributed by atoms with Crippen LogP contribution in [0.5, 0.6) is 0 Å². The van der Waals surface area contributed by atoms with Crippen LogP contribution in [0.25, 0.3) is 0 Å². The van der Waals surface area contributed by atoms with E-state index < -0.39 is 23.2 Å². The summed E-state index contributed by atoms with van der Waals surface area (Å²) in [5, 5.41) is 11.9. The Kier molecular flexibility index (Phi) is 3.67. The summed E-state index contributed by atoms with van der Waals surface area (Å²) in [5.74, 6) is -2.10. The van der Waals surface area contributed by atoms with E-state index in [1.807, 2.05) is 38.1 Å². The van der Waals surface area contributed by atoms with E-state index in [-0.39, 0.29) is 5.91 Å². The molecule has 0 saturated heterocycles. The van der Waals surface area contributed by atoms with E-state index in [9.17, 15) is 9.59 Å². The van der Waals surface area contributed by atoms with E-state index >= 15 is 0 Å². The van der Waals surface area contributed by atoms with Gasteiger partial charge in [0.2, 0.25) is 5.91 Å². The van der Waals surface area contributed by atoms with Crippen LogP contribution in [0.4, 0.5) is 0 Å². The Bertz CT molecular complexity index is 527. The molecule has 1 aromatic carbocycles. The maximum absolute atomic E-state index is 12.0. The van der Waals surface area contributed by atoms with Gasteiger partial charge in [0.15, 0.2) is 0 Å². The van der Waals surface area contributed by atoms with Crippen molar-refractivity contribution >= 4 is 27.8 Å². The van der Waals surface area contributed by atoms with Crippen molar-refractivity contribution in [1.29, 1.82) is 0 Å². The Morgan fingerprint density at radius 2 is 1.95 bits per heavy atom. The molecule has 1 amide bonds. The molecule has 1 aromatic rings. The minimum atomic E-state index is -0.897. The van der Waals surface area contributed by atoms with Crippen LogP contribution in [-0.4, -0.2) is 17.0 Å². The Balaban J connectivity index is 1.97. The van der Waals surface area contributed by atoms with Crippen LogP contribution >= 0.6 is 15.9 Å². The van der Waals surface area contributed by atoms with Gasteiger partial charge in [0.25, 0.3) is 0 Å². The quantitative estimate of drug-likeness (QED) is 0.893. The molecule has 5 heteroatoms. The van der Waals surface area contributed by atoms with E-state index in [0.29, 0.717) is 6.54 Å². The molecule has 2 N–H and O–H groups in total. The van der Waals surface area contributed by atoms with E-state index in [1.54, 1.807) is 0 Å². The molecule has 0 radical (unpaired) electrons. The van der Waals surface area contributed by atoms with Crippen molar-refractivity contribution in [3.8, 4) is 0 Å². The molecule has 1 fully saturated rings. The predicted octanol–water partition coefficient (Wildman–Crippen LogP) is 2.42. The molecule has 0 aromatic heterocycles. The van der Waals surface area contributed by atoms with Gasteiger partial charge in [-0.2, -0.15) is 0 Å². The number of carbonyl (C=O) groups excluding carboxylic acids is 1. The number of halogens is 1. The first-order valence-corrected chi connectivity index (χ1v) is 6.89. The molecule has 19 heavy (non-hydrogen) atoms. The first-order valence-electron chi connectivity index (χ1n) is 6.09. The number of hydrogen-bond acceptors (Lipinski definition) is 2. The Morgan fingerprint density at radius 3 is 2.47 bits per heavy atom. The molecule has 0 bridgehead atoms. The third-order valence-electron chi connectivity index (χ3n) is 3.79. The number of nitrogens with one attached hydrogen (secondary N) is 1. The zero-order valence-electron chi connectivity index (χ0n) is 10.8. The highest BCUT2D eigenvalue weighted by Crippen LogP contribution is 2.58. The van der Waals surface area contributed by atoms with E-state index in [0.717, 1.165) is 10.0 Å². The van der Waals surface area contributed by atoms with Crippen LogP contribution in [0.15, 0.2) is 28.7 Å². The van der Waals surface area contributed by atoms with Crippen molar-refractivity contribution in [1.82, 2.24) is 5.32 Å². The van der Waals surface area contributed by atoms with Crippen molar-refractivity contribution in [2.45, 2.75) is 20.4 Å². The summed E-state index contributed by atoms with van der Waals surface area (Å²) in [6.07, 6.45) is 0. The van der Waals surface area contributed by atoms with E-state index in [1.165, 1.54) is 0 Å². The second kappa shape index (κ2) is 4.96. The van der Waals surface area contributed by atoms with Crippen LogP contribution in [0.1, 0.15) is 19.4 Å². The van der Waals surface area contributed by atoms with Crippen molar-refractivity contribution < 1.29 is 14.7 Å². The lowest BCUT2D eigenvalue weighted by Gasteiger charge is -2.07. The molecular weight excluding hydrogens is 310 g/mol. The third kappa shape index (κ3) is 2.66. The Hall–Kier alpha value is -1.36. The number of carbonyl (C=O) groups is 2. The van der Waals surface area contributed by atoms with Gasteiger partial charge in [-0.15, -0.1) is 0 Å². The molecule has 0 spiro atoms. The first kappa shape index (κ1) is 14.1. The van der Waals surface area contributed by atoms with Crippen LogP contribution in [0.3, 0.4) is 0 Å². The number of aliphatic carboxylic acids is 1. The number of benzene rings is 1. The number of rotatable bonds is 4. The number of carboxylic acids is 1. The topological polar surface area (TPSA) is 66.4 Å². The fraction of sp³-hybridized carbons (Fsp3) is 0.429. The van der Waals surface area contributed by atoms with Crippen LogP contribution in [0, 0.1) is 17.3 Å². The fourth-order valence-corrected chi connectivity index (χ4v) is 2.95. The zero-order chi connectivity index (χ0) is 14.2. The number of carboxylic acid groups (broad SMARTS) is 1. The molecule has 0 heterocycles. The fourth-order valence-electron chi connectivity index (χ4n) is 2.52. The smallest absolute Gasteiger partial charge is 0.307 e. The largest absolute Gasteiger partial charge is 0.481 e. The monoisotopic (exact) mass is 325 g/mol. The number of hydrogen-bond donors (Lipinski definition) is 2. The second-order valence-electron chi connectivity index (χ2n) is 5.42. The standard InChI is InChI=1S/C14H16BrNO3/c1-14(2)10(11(14)13(18)19)12(17)16-7-8-5-3-4-6-9(8)15/h3-6,10-11H,7H2,1-2H3,(H,16,17)(H,18,19)/t10-,11+/m1/s1. The minimum absolute atomic E-state index is 0.187. The molecule has 0 unspecified atom stereocenters. The van der Waals surface area contributed by atoms with Gasteiger partial charge in [-0.25, -0.2) is 0 Å². The summed E-state index contributed by atoms with van der Waals surface area (Å²) in [6.45, 7) is 4.03. The number of amides is 1. The summed E-state index contributed by atoms with van der Waals surface area (Å²) < 4.78 is 0.931. The normalized spacial score (nSPS) is 23.7. The summed E-state index contributed by atoms with van der Waals surface area (Å²) in [6, 6.07) is 7.62. The SMILES string of the molecule is CC1(C)[C@H](C(=O)O)[C@@H]1C(=O)NCc1ccccc1Br. The molecule has 2 atom stereocenters. The lowest BCUT2D eigenvalue weighted by Crippen LogP contribution is -2.26. The Labute approximate surface area is 120 Å². The van der Waals surface area contributed by atoms with Crippen molar-refractivity contribution in [2.75, 3.05) is 0 Å². The van der Waals surface area contributed by atoms with Gasteiger partial charge in [-0.1, -0.05) is 48.0 Å². The van der Waals surface area contributed by atoms with Crippen LogP contribution in [-0.2, 0) is 16.1 Å². The summed E-state index contributed by atoms with van der Waals surface area (Å²) in [7, 11) is 0. The maximum Gasteiger partial charge on any atom is 0.307 e. The molecule has 2 rings (SSSR count). The predicted molar refractivity (Wildman–Crippen MR) is 74.4 cm³/mol. The van der Waals surface area contributed by atoms with Crippen LogP contribution < -0.4 is 5.32 Å². The van der Waals surface area contributed by atoms with Gasteiger partial charge in [-0.05, 0) is 17.0 Å². The average Bonchev–Trinajstić information content (AvgIpc) is 2.91. The van der Waals surface area contributed by atoms with Gasteiger partial charge in [0.05, 0.1) is 11.8 Å². The van der Waals surface area contributed by atoms with Gasteiger partial charge in [0.1, 0.15) is 0 Å². The molecule has 102 valence electrons. The lowest BCUT2D eigenvalue weighted by atomic mass is 10.1. The minimum Gasteiger partial charge on any atom is -0.481 e. The highest BCUT2D eigenvalue weighted by molar-refractivity contribution is 9.10. The lowest BCUT2D eigenvalue weighted by molar-refractivity contribution is -0.140. The van der Waals surface area contributed by atoms with Crippen molar-refractivity contribution in [2.24, 2.45) is 17.3 Å². The molecule has 0 aliphatic heterocycles. The van der Waals surface area contributed by atoms with E-state index in [2.05, 4.69) is 21.2 Å². The maximum atomic E-state index is 12.0. The summed E-state index contributed by atoms with van der Waals surface area (Å²) >= 11 is 3.41. The second-order valence-corrected chi connectivity index (χ2v) is 6.28. The first-order chi connectivity index (χ1) is 8.85. The summed E-state index contributed by atoms with van der Waals surface area (Å²) in [4.78, 5) is 23.1. The average molecular weight is 326 g/mol. The summed E-state index contributed by atoms with van der Waals surface area (Å²) in [5.41, 5.74) is 0.519. The van der Waals surface area contributed by atoms with Crippen molar-refractivity contribution in [3.63, 3.8) is 0 Å². The van der Waals surface area contributed by atoms with Crippen molar-refractivity contribution in [3.05, 3.63) is 34.3 Å². The van der Waals surface area contributed by atoms with Gasteiger partial charge >= 0.3 is 5.97 Å². The molecule has 4 nitrogen and oxygen atoms in total. The van der Waals surface area contributed by atoms with Gasteiger partial charge in [-0.3, -0.25) is 9.59 Å².